The Hall–Kier alpha value is -4.07. The number of rotatable bonds is 4. The highest BCUT2D eigenvalue weighted by atomic mass is 19.4. The number of benzene rings is 3. The van der Waals surface area contributed by atoms with E-state index in [1.54, 1.807) is 57.2 Å². The average Bonchev–Trinajstić information content (AvgIpc) is 2.77. The Labute approximate surface area is 192 Å². The van der Waals surface area contributed by atoms with E-state index in [0.717, 1.165) is 17.2 Å². The highest BCUT2D eigenvalue weighted by molar-refractivity contribution is 5.92. The summed E-state index contributed by atoms with van der Waals surface area (Å²) in [4.78, 5) is 25.4. The maximum Gasteiger partial charge on any atom is 0.453 e. The van der Waals surface area contributed by atoms with Crippen LogP contribution in [0.5, 0.6) is 17.2 Å². The first-order chi connectivity index (χ1) is 16.0. The maximum absolute atomic E-state index is 13.8. The first-order valence-corrected chi connectivity index (χ1v) is 10.2. The molecule has 0 N–H and O–H groups in total. The summed E-state index contributed by atoms with van der Waals surface area (Å²) in [7, 11) is 0. The lowest BCUT2D eigenvalue weighted by Gasteiger charge is -2.15. The third kappa shape index (κ3) is 4.66. The van der Waals surface area contributed by atoms with Gasteiger partial charge < -0.3 is 13.9 Å². The number of halogens is 3. The van der Waals surface area contributed by atoms with Crippen LogP contribution in [0.4, 0.5) is 13.2 Å². The Kier molecular flexibility index (Phi) is 5.91. The minimum Gasteiger partial charge on any atom is -0.449 e. The number of fused-ring (bicyclic) bond motifs is 1. The van der Waals surface area contributed by atoms with Gasteiger partial charge in [0.15, 0.2) is 0 Å². The monoisotopic (exact) mass is 468 g/mol. The number of hydrogen-bond acceptors (Lipinski definition) is 5. The van der Waals surface area contributed by atoms with Crippen LogP contribution in [0.2, 0.25) is 0 Å². The SMILES string of the molecule is Cc1cccc(C(=O)Oc2ccc3c(=O)c(Oc4cc(C)ccc4C)c(C(F)(F)F)oc3c2)c1. The van der Waals surface area contributed by atoms with E-state index in [-0.39, 0.29) is 28.0 Å². The lowest BCUT2D eigenvalue weighted by molar-refractivity contribution is -0.154. The summed E-state index contributed by atoms with van der Waals surface area (Å²) in [5.74, 6) is -3.19. The van der Waals surface area contributed by atoms with Gasteiger partial charge in [-0.25, -0.2) is 4.79 Å². The molecule has 0 saturated heterocycles. The number of carbonyl (C=O) groups excluding carboxylic acids is 1. The topological polar surface area (TPSA) is 65.7 Å². The molecule has 0 bridgehead atoms. The molecule has 34 heavy (non-hydrogen) atoms. The largest absolute Gasteiger partial charge is 0.453 e. The molecule has 0 radical (unpaired) electrons. The molecule has 8 heteroatoms. The fourth-order valence-corrected chi connectivity index (χ4v) is 3.36. The van der Waals surface area contributed by atoms with Crippen molar-refractivity contribution in [2.45, 2.75) is 26.9 Å². The quantitative estimate of drug-likeness (QED) is 0.245. The molecule has 0 fully saturated rings. The van der Waals surface area contributed by atoms with E-state index in [1.165, 1.54) is 18.2 Å². The second-order valence-electron chi connectivity index (χ2n) is 7.88. The Morgan fingerprint density at radius 2 is 1.65 bits per heavy atom. The highest BCUT2D eigenvalue weighted by Crippen LogP contribution is 2.39. The molecule has 3 aromatic carbocycles. The van der Waals surface area contributed by atoms with Crippen molar-refractivity contribution in [3.63, 3.8) is 0 Å². The van der Waals surface area contributed by atoms with Gasteiger partial charge in [-0.3, -0.25) is 4.79 Å². The van der Waals surface area contributed by atoms with Crippen LogP contribution in [0.15, 0.2) is 69.9 Å². The molecule has 1 aromatic heterocycles. The Morgan fingerprint density at radius 1 is 0.912 bits per heavy atom. The Morgan fingerprint density at radius 3 is 2.35 bits per heavy atom. The molecular formula is C26H19F3O5. The summed E-state index contributed by atoms with van der Waals surface area (Å²) >= 11 is 0. The van der Waals surface area contributed by atoms with Gasteiger partial charge in [-0.05, 0) is 62.2 Å². The molecule has 5 nitrogen and oxygen atoms in total. The summed E-state index contributed by atoms with van der Waals surface area (Å²) in [6.45, 7) is 5.21. The van der Waals surface area contributed by atoms with E-state index in [9.17, 15) is 22.8 Å². The van der Waals surface area contributed by atoms with Gasteiger partial charge in [-0.15, -0.1) is 0 Å². The van der Waals surface area contributed by atoms with Crippen molar-refractivity contribution in [3.8, 4) is 17.2 Å². The van der Waals surface area contributed by atoms with Crippen LogP contribution in [0.25, 0.3) is 11.0 Å². The van der Waals surface area contributed by atoms with Crippen molar-refractivity contribution in [1.29, 1.82) is 0 Å². The summed E-state index contributed by atoms with van der Waals surface area (Å²) in [6.07, 6.45) is -5.01. The third-order valence-corrected chi connectivity index (χ3v) is 5.10. The molecule has 0 aliphatic rings. The van der Waals surface area contributed by atoms with Crippen LogP contribution >= 0.6 is 0 Å². The predicted octanol–water partition coefficient (Wildman–Crippen LogP) is 6.75. The molecule has 0 aliphatic carbocycles. The second-order valence-corrected chi connectivity index (χ2v) is 7.88. The molecule has 0 aliphatic heterocycles. The van der Waals surface area contributed by atoms with Crippen molar-refractivity contribution in [1.82, 2.24) is 0 Å². The molecule has 0 spiro atoms. The van der Waals surface area contributed by atoms with Gasteiger partial charge in [0.2, 0.25) is 11.2 Å². The minimum absolute atomic E-state index is 0.0709. The Bertz CT molecular complexity index is 1470. The number of ether oxygens (including phenoxy) is 2. The van der Waals surface area contributed by atoms with Crippen LogP contribution in [0.3, 0.4) is 0 Å². The molecule has 0 amide bonds. The molecule has 1 heterocycles. The van der Waals surface area contributed by atoms with E-state index in [4.69, 9.17) is 13.9 Å². The van der Waals surface area contributed by atoms with Gasteiger partial charge in [0.1, 0.15) is 17.1 Å². The van der Waals surface area contributed by atoms with Gasteiger partial charge in [0.05, 0.1) is 10.9 Å². The zero-order valence-corrected chi connectivity index (χ0v) is 18.4. The molecule has 4 aromatic rings. The molecule has 4 rings (SSSR count). The van der Waals surface area contributed by atoms with Crippen LogP contribution in [-0.4, -0.2) is 5.97 Å². The number of esters is 1. The summed E-state index contributed by atoms with van der Waals surface area (Å²) in [6, 6.07) is 15.2. The maximum atomic E-state index is 13.8. The summed E-state index contributed by atoms with van der Waals surface area (Å²) in [5, 5.41) is -0.149. The number of carbonyl (C=O) groups is 1. The van der Waals surface area contributed by atoms with Crippen molar-refractivity contribution in [3.05, 3.63) is 98.9 Å². The zero-order chi connectivity index (χ0) is 24.6. The fourth-order valence-electron chi connectivity index (χ4n) is 3.36. The van der Waals surface area contributed by atoms with Crippen LogP contribution in [-0.2, 0) is 6.18 Å². The van der Waals surface area contributed by atoms with Gasteiger partial charge in [-0.1, -0.05) is 29.8 Å². The van der Waals surface area contributed by atoms with Crippen molar-refractivity contribution < 1.29 is 31.9 Å². The molecule has 0 unspecified atom stereocenters. The van der Waals surface area contributed by atoms with Gasteiger partial charge in [0.25, 0.3) is 5.76 Å². The van der Waals surface area contributed by atoms with Gasteiger partial charge >= 0.3 is 12.1 Å². The summed E-state index contributed by atoms with van der Waals surface area (Å²) < 4.78 is 57.2. The highest BCUT2D eigenvalue weighted by Gasteiger charge is 2.40. The van der Waals surface area contributed by atoms with Gasteiger partial charge in [-0.2, -0.15) is 13.2 Å². The smallest absolute Gasteiger partial charge is 0.449 e. The van der Waals surface area contributed by atoms with Crippen LogP contribution < -0.4 is 14.9 Å². The van der Waals surface area contributed by atoms with Crippen LogP contribution in [0.1, 0.15) is 32.8 Å². The normalized spacial score (nSPS) is 11.5. The number of alkyl halides is 3. The first kappa shape index (κ1) is 23.1. The van der Waals surface area contributed by atoms with E-state index >= 15 is 0 Å². The number of hydrogen-bond donors (Lipinski definition) is 0. The fraction of sp³-hybridized carbons (Fsp3) is 0.154. The molecule has 0 saturated carbocycles. The van der Waals surface area contributed by atoms with Crippen molar-refractivity contribution in [2.75, 3.05) is 0 Å². The minimum atomic E-state index is -5.01. The second kappa shape index (κ2) is 8.70. The van der Waals surface area contributed by atoms with Crippen LogP contribution in [0, 0.1) is 20.8 Å². The standard InChI is InChI=1S/C26H19F3O5/c1-14-5-4-6-17(11-14)25(31)32-18-9-10-19-21(13-18)34-24(26(27,28)29)23(22(19)30)33-20-12-15(2)7-8-16(20)3/h4-13H,1-3H3. The van der Waals surface area contributed by atoms with Gasteiger partial charge in [0, 0.05) is 6.07 Å². The zero-order valence-electron chi connectivity index (χ0n) is 18.4. The van der Waals surface area contributed by atoms with Crippen molar-refractivity contribution >= 4 is 16.9 Å². The average molecular weight is 468 g/mol. The Balaban J connectivity index is 1.78. The lowest BCUT2D eigenvalue weighted by Crippen LogP contribution is -2.16. The van der Waals surface area contributed by atoms with E-state index in [2.05, 4.69) is 0 Å². The lowest BCUT2D eigenvalue weighted by atomic mass is 10.1. The molecule has 174 valence electrons. The molecule has 0 atom stereocenters. The molecular weight excluding hydrogens is 449 g/mol. The third-order valence-electron chi connectivity index (χ3n) is 5.10. The van der Waals surface area contributed by atoms with E-state index in [1.807, 2.05) is 0 Å². The van der Waals surface area contributed by atoms with E-state index in [0.29, 0.717) is 5.56 Å². The summed E-state index contributed by atoms with van der Waals surface area (Å²) in [5.41, 5.74) is 1.03. The first-order valence-electron chi connectivity index (χ1n) is 10.2. The van der Waals surface area contributed by atoms with E-state index < -0.39 is 29.1 Å². The predicted molar refractivity (Wildman–Crippen MR) is 120 cm³/mol. The number of aryl methyl sites for hydroxylation is 3. The van der Waals surface area contributed by atoms with Crippen molar-refractivity contribution in [2.24, 2.45) is 0 Å².